The summed E-state index contributed by atoms with van der Waals surface area (Å²) >= 11 is 1.98. The number of aryl methyl sites for hydroxylation is 1. The van der Waals surface area contributed by atoms with Crippen LogP contribution >= 0.6 is 11.8 Å². The molecule has 0 saturated carbocycles. The highest BCUT2D eigenvalue weighted by atomic mass is 32.2. The quantitative estimate of drug-likeness (QED) is 0.726. The van der Waals surface area contributed by atoms with Gasteiger partial charge in [-0.05, 0) is 30.7 Å². The van der Waals surface area contributed by atoms with Crippen molar-refractivity contribution in [3.8, 4) is 22.4 Å². The maximum Gasteiger partial charge on any atom is 0.225 e. The van der Waals surface area contributed by atoms with Gasteiger partial charge in [0.25, 0.3) is 0 Å². The van der Waals surface area contributed by atoms with Crippen molar-refractivity contribution < 1.29 is 4.42 Å². The van der Waals surface area contributed by atoms with E-state index in [1.165, 1.54) is 0 Å². The fraction of sp³-hybridized carbons (Fsp3) is 0.278. The molecule has 0 bridgehead atoms. The van der Waals surface area contributed by atoms with Crippen LogP contribution in [0.3, 0.4) is 0 Å². The molecule has 0 unspecified atom stereocenters. The van der Waals surface area contributed by atoms with Gasteiger partial charge in [0, 0.05) is 54.3 Å². The molecule has 0 radical (unpaired) electrons. The summed E-state index contributed by atoms with van der Waals surface area (Å²) in [7, 11) is 0. The average Bonchev–Trinajstić information content (AvgIpc) is 3.08. The molecule has 122 valence electrons. The van der Waals surface area contributed by atoms with Gasteiger partial charge in [0.2, 0.25) is 5.95 Å². The summed E-state index contributed by atoms with van der Waals surface area (Å²) in [6, 6.07) is 5.93. The Morgan fingerprint density at radius 1 is 1.08 bits per heavy atom. The van der Waals surface area contributed by atoms with E-state index in [1.807, 2.05) is 43.1 Å². The maximum absolute atomic E-state index is 5.51. The number of thioether (sulfide) groups is 1. The molecule has 0 atom stereocenters. The van der Waals surface area contributed by atoms with Gasteiger partial charge in [0.1, 0.15) is 5.76 Å². The number of anilines is 1. The zero-order valence-electron chi connectivity index (χ0n) is 13.5. The first-order chi connectivity index (χ1) is 11.8. The fourth-order valence-electron chi connectivity index (χ4n) is 2.87. The van der Waals surface area contributed by atoms with Crippen LogP contribution in [0, 0.1) is 6.92 Å². The van der Waals surface area contributed by atoms with Crippen LogP contribution in [0.15, 0.2) is 47.5 Å². The highest BCUT2D eigenvalue weighted by molar-refractivity contribution is 7.99. The first kappa shape index (κ1) is 15.2. The molecule has 0 aliphatic carbocycles. The maximum atomic E-state index is 5.51. The zero-order valence-corrected chi connectivity index (χ0v) is 14.3. The second-order valence-electron chi connectivity index (χ2n) is 5.66. The van der Waals surface area contributed by atoms with Gasteiger partial charge in [-0.15, -0.1) is 0 Å². The molecule has 4 heterocycles. The van der Waals surface area contributed by atoms with Crippen molar-refractivity contribution >= 4 is 17.7 Å². The predicted octanol–water partition coefficient (Wildman–Crippen LogP) is 3.66. The third-order valence-corrected chi connectivity index (χ3v) is 5.12. The molecule has 1 aliphatic heterocycles. The Bertz CT molecular complexity index is 828. The molecule has 6 heteroatoms. The van der Waals surface area contributed by atoms with Crippen molar-refractivity contribution in [1.82, 2.24) is 15.0 Å². The van der Waals surface area contributed by atoms with Crippen molar-refractivity contribution in [2.75, 3.05) is 29.5 Å². The smallest absolute Gasteiger partial charge is 0.225 e. The van der Waals surface area contributed by atoms with E-state index in [2.05, 4.69) is 14.9 Å². The van der Waals surface area contributed by atoms with Gasteiger partial charge in [-0.1, -0.05) is 0 Å². The van der Waals surface area contributed by atoms with E-state index >= 15 is 0 Å². The minimum atomic E-state index is 0.795. The molecule has 0 spiro atoms. The standard InChI is InChI=1S/C18H18N4OS/c1-13-15(4-9-23-13)17-16(14-2-5-19-6-3-14)12-20-18(21-17)22-7-10-24-11-8-22/h2-6,9,12H,7-8,10-11H2,1H3. The SMILES string of the molecule is Cc1occc1-c1nc(N2CCSCC2)ncc1-c1ccncc1. The molecular formula is C18H18N4OS. The number of aromatic nitrogens is 3. The molecule has 0 N–H and O–H groups in total. The molecule has 3 aromatic rings. The molecular weight excluding hydrogens is 320 g/mol. The Hall–Kier alpha value is -2.34. The van der Waals surface area contributed by atoms with Crippen molar-refractivity contribution in [2.24, 2.45) is 0 Å². The van der Waals surface area contributed by atoms with E-state index < -0.39 is 0 Å². The number of furan rings is 1. The van der Waals surface area contributed by atoms with Crippen molar-refractivity contribution in [1.29, 1.82) is 0 Å². The van der Waals surface area contributed by atoms with Crippen LogP contribution < -0.4 is 4.90 Å². The average molecular weight is 338 g/mol. The van der Waals surface area contributed by atoms with Crippen LogP contribution in [0.25, 0.3) is 22.4 Å². The van der Waals surface area contributed by atoms with Gasteiger partial charge >= 0.3 is 0 Å². The lowest BCUT2D eigenvalue weighted by molar-refractivity contribution is 0.535. The predicted molar refractivity (Wildman–Crippen MR) is 97.2 cm³/mol. The van der Waals surface area contributed by atoms with Gasteiger partial charge in [0.15, 0.2) is 0 Å². The lowest BCUT2D eigenvalue weighted by Gasteiger charge is -2.26. The molecule has 24 heavy (non-hydrogen) atoms. The summed E-state index contributed by atoms with van der Waals surface area (Å²) < 4.78 is 5.51. The van der Waals surface area contributed by atoms with Crippen LogP contribution in [0.4, 0.5) is 5.95 Å². The highest BCUT2D eigenvalue weighted by Gasteiger charge is 2.19. The van der Waals surface area contributed by atoms with Gasteiger partial charge in [-0.2, -0.15) is 11.8 Å². The van der Waals surface area contributed by atoms with Gasteiger partial charge in [0.05, 0.1) is 12.0 Å². The lowest BCUT2D eigenvalue weighted by atomic mass is 10.0. The highest BCUT2D eigenvalue weighted by Crippen LogP contribution is 2.33. The summed E-state index contributed by atoms with van der Waals surface area (Å²) in [6.07, 6.45) is 7.20. The second-order valence-corrected chi connectivity index (χ2v) is 6.88. The third-order valence-electron chi connectivity index (χ3n) is 4.18. The largest absolute Gasteiger partial charge is 0.469 e. The fourth-order valence-corrected chi connectivity index (χ4v) is 3.77. The first-order valence-electron chi connectivity index (χ1n) is 7.97. The number of hydrogen-bond acceptors (Lipinski definition) is 6. The number of nitrogens with zero attached hydrogens (tertiary/aromatic N) is 4. The van der Waals surface area contributed by atoms with Crippen LogP contribution in [0.5, 0.6) is 0 Å². The van der Waals surface area contributed by atoms with E-state index in [1.54, 1.807) is 18.7 Å². The summed E-state index contributed by atoms with van der Waals surface area (Å²) in [5, 5.41) is 0. The summed E-state index contributed by atoms with van der Waals surface area (Å²) in [5.74, 6) is 3.90. The molecule has 1 fully saturated rings. The van der Waals surface area contributed by atoms with Crippen LogP contribution in [0.2, 0.25) is 0 Å². The number of hydrogen-bond donors (Lipinski definition) is 0. The Morgan fingerprint density at radius 3 is 2.58 bits per heavy atom. The van der Waals surface area contributed by atoms with Crippen molar-refractivity contribution in [2.45, 2.75) is 6.92 Å². The van der Waals surface area contributed by atoms with Crippen molar-refractivity contribution in [3.05, 3.63) is 48.8 Å². The Morgan fingerprint density at radius 2 is 1.88 bits per heavy atom. The Labute approximate surface area is 145 Å². The Kier molecular flexibility index (Phi) is 4.21. The molecule has 1 aliphatic rings. The van der Waals surface area contributed by atoms with Crippen molar-refractivity contribution in [3.63, 3.8) is 0 Å². The van der Waals surface area contributed by atoms with Crippen LogP contribution in [-0.4, -0.2) is 39.5 Å². The van der Waals surface area contributed by atoms with Gasteiger partial charge in [-0.25, -0.2) is 9.97 Å². The summed E-state index contributed by atoms with van der Waals surface area (Å²) in [5.41, 5.74) is 3.98. The zero-order chi connectivity index (χ0) is 16.4. The number of pyridine rings is 1. The minimum Gasteiger partial charge on any atom is -0.469 e. The molecule has 1 saturated heterocycles. The first-order valence-corrected chi connectivity index (χ1v) is 9.13. The van der Waals surface area contributed by atoms with E-state index in [9.17, 15) is 0 Å². The van der Waals surface area contributed by atoms with E-state index in [4.69, 9.17) is 9.40 Å². The number of rotatable bonds is 3. The van der Waals surface area contributed by atoms with E-state index in [-0.39, 0.29) is 0 Å². The monoisotopic (exact) mass is 338 g/mol. The van der Waals surface area contributed by atoms with Gasteiger partial charge in [-0.3, -0.25) is 4.98 Å². The third kappa shape index (κ3) is 2.89. The van der Waals surface area contributed by atoms with Crippen LogP contribution in [-0.2, 0) is 0 Å². The lowest BCUT2D eigenvalue weighted by Crippen LogP contribution is -2.33. The van der Waals surface area contributed by atoms with E-state index in [0.717, 1.165) is 58.7 Å². The summed E-state index contributed by atoms with van der Waals surface area (Å²) in [4.78, 5) is 15.9. The molecule has 5 nitrogen and oxygen atoms in total. The molecule has 0 aromatic carbocycles. The summed E-state index contributed by atoms with van der Waals surface area (Å²) in [6.45, 7) is 3.94. The minimum absolute atomic E-state index is 0.795. The molecule has 3 aromatic heterocycles. The topological polar surface area (TPSA) is 55.1 Å². The molecule has 0 amide bonds. The molecule has 4 rings (SSSR count). The van der Waals surface area contributed by atoms with Gasteiger partial charge < -0.3 is 9.32 Å². The second kappa shape index (κ2) is 6.65. The van der Waals surface area contributed by atoms with E-state index in [0.29, 0.717) is 0 Å². The van der Waals surface area contributed by atoms with Crippen LogP contribution in [0.1, 0.15) is 5.76 Å². The normalized spacial score (nSPS) is 14.8. The Balaban J connectivity index is 1.83.